The van der Waals surface area contributed by atoms with Gasteiger partial charge in [-0.15, -0.1) is 0 Å². The number of piperidine rings is 1. The van der Waals surface area contributed by atoms with Crippen LogP contribution in [0.2, 0.25) is 0 Å². The Balaban J connectivity index is 1.22. The van der Waals surface area contributed by atoms with Crippen LogP contribution >= 0.6 is 0 Å². The fourth-order valence-corrected chi connectivity index (χ4v) is 5.07. The summed E-state index contributed by atoms with van der Waals surface area (Å²) in [5.41, 5.74) is 2.79. The van der Waals surface area contributed by atoms with E-state index in [9.17, 15) is 18.0 Å². The number of anilines is 3. The number of aromatic nitrogens is 3. The van der Waals surface area contributed by atoms with Gasteiger partial charge in [-0.25, -0.2) is 4.98 Å². The quantitative estimate of drug-likeness (QED) is 0.539. The smallest absolute Gasteiger partial charge is 0.367 e. The summed E-state index contributed by atoms with van der Waals surface area (Å²) < 4.78 is 40.1. The van der Waals surface area contributed by atoms with Crippen molar-refractivity contribution < 1.29 is 18.0 Å². The Hall–Kier alpha value is -3.69. The number of hydrogen-bond donors (Lipinski definition) is 2. The molecule has 3 aliphatic rings. The number of carbonyl (C=O) groups is 1. The van der Waals surface area contributed by atoms with Gasteiger partial charge >= 0.3 is 6.18 Å². The molecular weight excluding hydrogens is 457 g/mol. The number of benzene rings is 1. The van der Waals surface area contributed by atoms with E-state index in [4.69, 9.17) is 0 Å². The van der Waals surface area contributed by atoms with E-state index >= 15 is 0 Å². The molecule has 2 N–H and O–H groups in total. The summed E-state index contributed by atoms with van der Waals surface area (Å²) in [4.78, 5) is 26.9. The molecule has 1 saturated heterocycles. The van der Waals surface area contributed by atoms with E-state index in [1.54, 1.807) is 24.5 Å². The molecule has 0 radical (unpaired) electrons. The van der Waals surface area contributed by atoms with Gasteiger partial charge in [0.2, 0.25) is 5.95 Å². The Morgan fingerprint density at radius 3 is 2.57 bits per heavy atom. The van der Waals surface area contributed by atoms with Gasteiger partial charge in [-0.3, -0.25) is 9.78 Å². The summed E-state index contributed by atoms with van der Waals surface area (Å²) in [5, 5.41) is 5.93. The van der Waals surface area contributed by atoms with Crippen molar-refractivity contribution in [3.63, 3.8) is 0 Å². The van der Waals surface area contributed by atoms with Crippen molar-refractivity contribution in [2.45, 2.75) is 43.3 Å². The second-order valence-corrected chi connectivity index (χ2v) is 9.42. The molecule has 2 aliphatic carbocycles. The molecule has 180 valence electrons. The monoisotopic (exact) mass is 480 g/mol. The highest BCUT2D eigenvalue weighted by atomic mass is 19.4. The second kappa shape index (κ2) is 8.21. The molecule has 1 aliphatic heterocycles. The average molecular weight is 480 g/mol. The number of nitrogens with zero attached hydrogens (tertiary/aromatic N) is 4. The molecule has 2 aromatic heterocycles. The molecular formula is C25H23F3N6O. The molecule has 35 heavy (non-hydrogen) atoms. The molecule has 0 spiro atoms. The van der Waals surface area contributed by atoms with E-state index in [2.05, 4.69) is 25.6 Å². The molecule has 2 fully saturated rings. The van der Waals surface area contributed by atoms with Gasteiger partial charge < -0.3 is 15.5 Å². The lowest BCUT2D eigenvalue weighted by Gasteiger charge is -2.32. The van der Waals surface area contributed by atoms with Gasteiger partial charge in [0, 0.05) is 55.2 Å². The van der Waals surface area contributed by atoms with E-state index in [1.165, 1.54) is 5.56 Å². The zero-order valence-electron chi connectivity index (χ0n) is 18.7. The highest BCUT2D eigenvalue weighted by molar-refractivity contribution is 5.94. The average Bonchev–Trinajstić information content (AvgIpc) is 3.63. The number of nitrogens with one attached hydrogen (secondary N) is 2. The Labute approximate surface area is 199 Å². The summed E-state index contributed by atoms with van der Waals surface area (Å²) in [6.45, 7) is 1.27. The molecule has 10 heteroatoms. The first-order chi connectivity index (χ1) is 16.8. The molecule has 2 atom stereocenters. The SMILES string of the molecule is O=C(c1cccnc1)N1CC2CC(C1)c1cc(Nc3ncc(C(F)(F)F)c(NC4CC4)n3)ccc12. The summed E-state index contributed by atoms with van der Waals surface area (Å²) in [7, 11) is 0. The Bertz CT molecular complexity index is 1280. The van der Waals surface area contributed by atoms with Crippen LogP contribution in [0.3, 0.4) is 0 Å². The predicted octanol–water partition coefficient (Wildman–Crippen LogP) is 4.94. The molecule has 3 heterocycles. The van der Waals surface area contributed by atoms with Gasteiger partial charge in [0.1, 0.15) is 11.4 Å². The van der Waals surface area contributed by atoms with Gasteiger partial charge in [0.25, 0.3) is 5.91 Å². The first-order valence-corrected chi connectivity index (χ1v) is 11.7. The van der Waals surface area contributed by atoms with Crippen molar-refractivity contribution in [3.05, 3.63) is 71.2 Å². The number of pyridine rings is 1. The lowest BCUT2D eigenvalue weighted by atomic mass is 9.95. The molecule has 6 rings (SSSR count). The predicted molar refractivity (Wildman–Crippen MR) is 124 cm³/mol. The van der Waals surface area contributed by atoms with Crippen molar-refractivity contribution >= 4 is 23.4 Å². The van der Waals surface area contributed by atoms with Crippen LogP contribution in [-0.2, 0) is 6.18 Å². The number of fused-ring (bicyclic) bond motifs is 5. The molecule has 1 saturated carbocycles. The van der Waals surface area contributed by atoms with Crippen LogP contribution in [0.4, 0.5) is 30.6 Å². The van der Waals surface area contributed by atoms with Crippen molar-refractivity contribution in [3.8, 4) is 0 Å². The molecule has 7 nitrogen and oxygen atoms in total. The highest BCUT2D eigenvalue weighted by Crippen LogP contribution is 2.47. The van der Waals surface area contributed by atoms with Gasteiger partial charge in [0.15, 0.2) is 0 Å². The van der Waals surface area contributed by atoms with Crippen molar-refractivity contribution in [2.24, 2.45) is 0 Å². The maximum absolute atomic E-state index is 13.4. The third-order valence-corrected chi connectivity index (χ3v) is 6.88. The minimum absolute atomic E-state index is 0.0206. The fourth-order valence-electron chi connectivity index (χ4n) is 5.07. The summed E-state index contributed by atoms with van der Waals surface area (Å²) in [6.07, 6.45) is 2.16. The highest BCUT2D eigenvalue weighted by Gasteiger charge is 2.40. The summed E-state index contributed by atoms with van der Waals surface area (Å²) in [5.74, 6) is 0.351. The van der Waals surface area contributed by atoms with Crippen LogP contribution < -0.4 is 10.6 Å². The number of halogens is 3. The molecule has 3 aromatic rings. The lowest BCUT2D eigenvalue weighted by molar-refractivity contribution is -0.137. The Kier molecular flexibility index (Phi) is 5.12. The Morgan fingerprint density at radius 2 is 1.86 bits per heavy atom. The topological polar surface area (TPSA) is 83.0 Å². The van der Waals surface area contributed by atoms with Crippen LogP contribution in [0.1, 0.15) is 58.1 Å². The fraction of sp³-hybridized carbons (Fsp3) is 0.360. The minimum atomic E-state index is -4.53. The van der Waals surface area contributed by atoms with Crippen LogP contribution in [0.5, 0.6) is 0 Å². The zero-order valence-corrected chi connectivity index (χ0v) is 18.7. The van der Waals surface area contributed by atoms with Gasteiger partial charge in [-0.05, 0) is 54.7 Å². The van der Waals surface area contributed by atoms with Crippen LogP contribution in [0.25, 0.3) is 0 Å². The van der Waals surface area contributed by atoms with E-state index < -0.39 is 11.7 Å². The largest absolute Gasteiger partial charge is 0.421 e. The zero-order chi connectivity index (χ0) is 24.2. The maximum Gasteiger partial charge on any atom is 0.421 e. The lowest BCUT2D eigenvalue weighted by Crippen LogP contribution is -2.39. The Morgan fingerprint density at radius 1 is 1.06 bits per heavy atom. The van der Waals surface area contributed by atoms with E-state index in [-0.39, 0.29) is 35.6 Å². The number of hydrogen-bond acceptors (Lipinski definition) is 6. The summed E-state index contributed by atoms with van der Waals surface area (Å²) in [6, 6.07) is 9.49. The normalized spacial score (nSPS) is 20.9. The number of alkyl halides is 3. The third-order valence-electron chi connectivity index (χ3n) is 6.88. The first-order valence-electron chi connectivity index (χ1n) is 11.7. The second-order valence-electron chi connectivity index (χ2n) is 9.42. The molecule has 2 bridgehead atoms. The van der Waals surface area contributed by atoms with E-state index in [0.717, 1.165) is 31.0 Å². The van der Waals surface area contributed by atoms with Crippen LogP contribution in [0.15, 0.2) is 48.9 Å². The van der Waals surface area contributed by atoms with Gasteiger partial charge in [-0.1, -0.05) is 6.07 Å². The maximum atomic E-state index is 13.4. The van der Waals surface area contributed by atoms with Crippen molar-refractivity contribution in [2.75, 3.05) is 23.7 Å². The van der Waals surface area contributed by atoms with E-state index in [1.807, 2.05) is 23.1 Å². The number of rotatable bonds is 5. The van der Waals surface area contributed by atoms with Crippen molar-refractivity contribution in [1.82, 2.24) is 19.9 Å². The summed E-state index contributed by atoms with van der Waals surface area (Å²) >= 11 is 0. The number of likely N-dealkylation sites (tertiary alicyclic amines) is 1. The number of carbonyl (C=O) groups excluding carboxylic acids is 1. The minimum Gasteiger partial charge on any atom is -0.367 e. The number of amides is 1. The molecule has 2 unspecified atom stereocenters. The van der Waals surface area contributed by atoms with Gasteiger partial charge in [-0.2, -0.15) is 18.2 Å². The van der Waals surface area contributed by atoms with E-state index in [0.29, 0.717) is 24.3 Å². The molecule has 1 aromatic carbocycles. The van der Waals surface area contributed by atoms with Crippen LogP contribution in [0, 0.1) is 0 Å². The molecule has 1 amide bonds. The first kappa shape index (κ1) is 21.8. The van der Waals surface area contributed by atoms with Crippen LogP contribution in [-0.4, -0.2) is 44.9 Å². The van der Waals surface area contributed by atoms with Crippen molar-refractivity contribution in [1.29, 1.82) is 0 Å². The third kappa shape index (κ3) is 4.28. The standard InChI is InChI=1S/C25H23F3N6O/c26-25(27,28)21-11-30-24(33-22(21)31-17-3-4-17)32-18-5-6-19-15-8-16(20(19)9-18)13-34(12-15)23(35)14-2-1-7-29-10-14/h1-2,5-7,9-11,15-17H,3-4,8,12-13H2,(H2,30,31,32,33). The van der Waals surface area contributed by atoms with Gasteiger partial charge in [0.05, 0.1) is 5.56 Å².